The summed E-state index contributed by atoms with van der Waals surface area (Å²) in [7, 11) is 1.75. The Labute approximate surface area is 100 Å². The number of esters is 1. The highest BCUT2D eigenvalue weighted by Gasteiger charge is 2.15. The van der Waals surface area contributed by atoms with Gasteiger partial charge in [-0.05, 0) is 19.9 Å². The fourth-order valence-electron chi connectivity index (χ4n) is 1.29. The van der Waals surface area contributed by atoms with E-state index < -0.39 is 0 Å². The molecule has 5 heteroatoms. The SMILES string of the molecule is CCOC[C@@H](C)OC(=O)c1cc(Cl)cn1C. The van der Waals surface area contributed by atoms with Crippen LogP contribution in [0.4, 0.5) is 0 Å². The van der Waals surface area contributed by atoms with Crippen molar-refractivity contribution in [1.82, 2.24) is 4.57 Å². The lowest BCUT2D eigenvalue weighted by Gasteiger charge is -2.13. The second-order valence-corrected chi connectivity index (χ2v) is 3.97. The summed E-state index contributed by atoms with van der Waals surface area (Å²) in [5.74, 6) is -0.387. The minimum Gasteiger partial charge on any atom is -0.456 e. The smallest absolute Gasteiger partial charge is 0.355 e. The lowest BCUT2D eigenvalue weighted by molar-refractivity contribution is 0.00357. The molecule has 1 heterocycles. The fourth-order valence-corrected chi connectivity index (χ4v) is 1.54. The second-order valence-electron chi connectivity index (χ2n) is 3.53. The standard InChI is InChI=1S/C11H16ClNO3/c1-4-15-7-8(2)16-11(14)10-5-9(12)6-13(10)3/h5-6,8H,4,7H2,1-3H3/t8-/m1/s1. The van der Waals surface area contributed by atoms with Crippen molar-refractivity contribution in [2.75, 3.05) is 13.2 Å². The molecule has 1 rings (SSSR count). The molecule has 1 atom stereocenters. The van der Waals surface area contributed by atoms with Gasteiger partial charge in [-0.2, -0.15) is 0 Å². The summed E-state index contributed by atoms with van der Waals surface area (Å²) in [6.45, 7) is 4.70. The van der Waals surface area contributed by atoms with E-state index in [1.807, 2.05) is 6.92 Å². The lowest BCUT2D eigenvalue weighted by Crippen LogP contribution is -2.21. The first-order chi connectivity index (χ1) is 7.54. The summed E-state index contributed by atoms with van der Waals surface area (Å²) in [5, 5.41) is 0.520. The van der Waals surface area contributed by atoms with Crippen LogP contribution < -0.4 is 0 Å². The van der Waals surface area contributed by atoms with Crippen LogP contribution in [-0.2, 0) is 16.5 Å². The van der Waals surface area contributed by atoms with Crippen LogP contribution >= 0.6 is 11.6 Å². The first-order valence-electron chi connectivity index (χ1n) is 5.15. The van der Waals surface area contributed by atoms with E-state index in [0.29, 0.717) is 23.9 Å². The second kappa shape index (κ2) is 5.92. The third-order valence-electron chi connectivity index (χ3n) is 2.05. The average molecular weight is 246 g/mol. The van der Waals surface area contributed by atoms with Crippen LogP contribution in [0.1, 0.15) is 24.3 Å². The number of aromatic nitrogens is 1. The van der Waals surface area contributed by atoms with Crippen molar-refractivity contribution in [2.24, 2.45) is 7.05 Å². The van der Waals surface area contributed by atoms with Crippen LogP contribution in [0.5, 0.6) is 0 Å². The van der Waals surface area contributed by atoms with Crippen LogP contribution in [0, 0.1) is 0 Å². The largest absolute Gasteiger partial charge is 0.456 e. The third kappa shape index (κ3) is 3.54. The first-order valence-corrected chi connectivity index (χ1v) is 5.53. The van der Waals surface area contributed by atoms with Crippen molar-refractivity contribution < 1.29 is 14.3 Å². The van der Waals surface area contributed by atoms with E-state index in [0.717, 1.165) is 0 Å². The van der Waals surface area contributed by atoms with Crippen molar-refractivity contribution in [1.29, 1.82) is 0 Å². The molecular weight excluding hydrogens is 230 g/mol. The Hall–Kier alpha value is -1.00. The number of hydrogen-bond acceptors (Lipinski definition) is 3. The van der Waals surface area contributed by atoms with Gasteiger partial charge in [0.1, 0.15) is 11.8 Å². The molecule has 0 aromatic carbocycles. The van der Waals surface area contributed by atoms with Crippen molar-refractivity contribution in [3.05, 3.63) is 23.0 Å². The number of hydrogen-bond donors (Lipinski definition) is 0. The van der Waals surface area contributed by atoms with Gasteiger partial charge in [-0.1, -0.05) is 11.6 Å². The number of carbonyl (C=O) groups excluding carboxylic acids is 1. The van der Waals surface area contributed by atoms with Gasteiger partial charge in [0.15, 0.2) is 0 Å². The van der Waals surface area contributed by atoms with Gasteiger partial charge in [0.2, 0.25) is 0 Å². The van der Waals surface area contributed by atoms with Crippen molar-refractivity contribution in [2.45, 2.75) is 20.0 Å². The molecule has 0 saturated heterocycles. The molecule has 0 aliphatic rings. The van der Waals surface area contributed by atoms with Crippen molar-refractivity contribution >= 4 is 17.6 Å². The van der Waals surface area contributed by atoms with Crippen molar-refractivity contribution in [3.63, 3.8) is 0 Å². The normalized spacial score (nSPS) is 12.5. The maximum atomic E-state index is 11.7. The maximum absolute atomic E-state index is 11.7. The Morgan fingerprint density at radius 1 is 1.62 bits per heavy atom. The van der Waals surface area contributed by atoms with Gasteiger partial charge in [-0.15, -0.1) is 0 Å². The van der Waals surface area contributed by atoms with Crippen LogP contribution in [0.2, 0.25) is 5.02 Å². The van der Waals surface area contributed by atoms with E-state index in [-0.39, 0.29) is 12.1 Å². The number of ether oxygens (including phenoxy) is 2. The topological polar surface area (TPSA) is 40.5 Å². The Balaban J connectivity index is 2.55. The first kappa shape index (κ1) is 13.1. The van der Waals surface area contributed by atoms with E-state index in [1.165, 1.54) is 0 Å². The average Bonchev–Trinajstić information content (AvgIpc) is 2.54. The molecule has 0 amide bonds. The summed E-state index contributed by atoms with van der Waals surface area (Å²) in [6.07, 6.45) is 1.40. The molecule has 0 aliphatic carbocycles. The highest BCUT2D eigenvalue weighted by atomic mass is 35.5. The van der Waals surface area contributed by atoms with E-state index in [4.69, 9.17) is 21.1 Å². The Morgan fingerprint density at radius 3 is 2.81 bits per heavy atom. The molecule has 0 spiro atoms. The molecule has 16 heavy (non-hydrogen) atoms. The van der Waals surface area contributed by atoms with E-state index in [2.05, 4.69) is 0 Å². The highest BCUT2D eigenvalue weighted by Crippen LogP contribution is 2.14. The Morgan fingerprint density at radius 2 is 2.31 bits per heavy atom. The van der Waals surface area contributed by atoms with Gasteiger partial charge in [0.25, 0.3) is 0 Å². The predicted octanol–water partition coefficient (Wildman–Crippen LogP) is 2.26. The fraction of sp³-hybridized carbons (Fsp3) is 0.545. The maximum Gasteiger partial charge on any atom is 0.355 e. The van der Waals surface area contributed by atoms with E-state index >= 15 is 0 Å². The molecule has 1 aromatic rings. The van der Waals surface area contributed by atoms with Gasteiger partial charge < -0.3 is 14.0 Å². The molecule has 0 fully saturated rings. The third-order valence-corrected chi connectivity index (χ3v) is 2.25. The number of rotatable bonds is 5. The summed E-state index contributed by atoms with van der Waals surface area (Å²) in [4.78, 5) is 11.7. The van der Waals surface area contributed by atoms with Crippen LogP contribution in [-0.4, -0.2) is 29.9 Å². The van der Waals surface area contributed by atoms with Gasteiger partial charge in [0, 0.05) is 19.9 Å². The molecule has 4 nitrogen and oxygen atoms in total. The van der Waals surface area contributed by atoms with Gasteiger partial charge in [0.05, 0.1) is 11.6 Å². The summed E-state index contributed by atoms with van der Waals surface area (Å²) >= 11 is 5.78. The molecule has 0 radical (unpaired) electrons. The van der Waals surface area contributed by atoms with Crippen molar-refractivity contribution in [3.8, 4) is 0 Å². The van der Waals surface area contributed by atoms with Gasteiger partial charge >= 0.3 is 5.97 Å². The monoisotopic (exact) mass is 245 g/mol. The number of nitrogens with zero attached hydrogens (tertiary/aromatic N) is 1. The minimum atomic E-state index is -0.387. The molecular formula is C11H16ClNO3. The molecule has 1 aromatic heterocycles. The molecule has 0 aliphatic heterocycles. The van der Waals surface area contributed by atoms with E-state index in [1.54, 1.807) is 30.8 Å². The zero-order chi connectivity index (χ0) is 12.1. The Bertz CT molecular complexity index is 362. The summed E-state index contributed by atoms with van der Waals surface area (Å²) < 4.78 is 12.0. The minimum absolute atomic E-state index is 0.263. The zero-order valence-electron chi connectivity index (χ0n) is 9.70. The lowest BCUT2D eigenvalue weighted by atomic mass is 10.4. The number of halogens is 1. The van der Waals surface area contributed by atoms with Crippen LogP contribution in [0.3, 0.4) is 0 Å². The van der Waals surface area contributed by atoms with Gasteiger partial charge in [-0.3, -0.25) is 0 Å². The molecule has 0 unspecified atom stereocenters. The van der Waals surface area contributed by atoms with E-state index in [9.17, 15) is 4.79 Å². The number of carbonyl (C=O) groups is 1. The molecule has 0 N–H and O–H groups in total. The summed E-state index contributed by atoms with van der Waals surface area (Å²) in [6, 6.07) is 1.58. The van der Waals surface area contributed by atoms with Crippen LogP contribution in [0.25, 0.3) is 0 Å². The number of aryl methyl sites for hydroxylation is 1. The Kier molecular flexibility index (Phi) is 4.83. The molecule has 0 saturated carbocycles. The molecule has 90 valence electrons. The summed E-state index contributed by atoms with van der Waals surface area (Å²) in [5.41, 5.74) is 0.438. The predicted molar refractivity (Wildman–Crippen MR) is 61.8 cm³/mol. The zero-order valence-corrected chi connectivity index (χ0v) is 10.5. The molecule has 0 bridgehead atoms. The van der Waals surface area contributed by atoms with Gasteiger partial charge in [-0.25, -0.2) is 4.79 Å². The highest BCUT2D eigenvalue weighted by molar-refractivity contribution is 6.30. The quantitative estimate of drug-likeness (QED) is 0.747. The van der Waals surface area contributed by atoms with Crippen LogP contribution in [0.15, 0.2) is 12.3 Å².